The second-order valence-electron chi connectivity index (χ2n) is 4.16. The van der Waals surface area contributed by atoms with Gasteiger partial charge in [0.25, 0.3) is 0 Å². The SMILES string of the molecule is CC(NCC1CCSC1)c1nncn1C. The number of hydrogen-bond donors (Lipinski definition) is 1. The smallest absolute Gasteiger partial charge is 0.149 e. The van der Waals surface area contributed by atoms with Gasteiger partial charge in [0.2, 0.25) is 0 Å². The van der Waals surface area contributed by atoms with Gasteiger partial charge in [-0.15, -0.1) is 10.2 Å². The van der Waals surface area contributed by atoms with Gasteiger partial charge in [-0.1, -0.05) is 0 Å². The molecule has 1 fully saturated rings. The fourth-order valence-corrected chi connectivity index (χ4v) is 3.15. The molecule has 4 nitrogen and oxygen atoms in total. The third-order valence-corrected chi connectivity index (χ3v) is 4.10. The average molecular weight is 226 g/mol. The van der Waals surface area contributed by atoms with Crippen LogP contribution in [0.15, 0.2) is 6.33 Å². The highest BCUT2D eigenvalue weighted by Gasteiger charge is 2.17. The van der Waals surface area contributed by atoms with Crippen molar-refractivity contribution < 1.29 is 0 Å². The first-order valence-electron chi connectivity index (χ1n) is 5.42. The Labute approximate surface area is 94.8 Å². The van der Waals surface area contributed by atoms with Gasteiger partial charge in [-0.3, -0.25) is 0 Å². The van der Waals surface area contributed by atoms with Crippen molar-refractivity contribution in [1.82, 2.24) is 20.1 Å². The molecule has 84 valence electrons. The lowest BCUT2D eigenvalue weighted by Crippen LogP contribution is -2.27. The largest absolute Gasteiger partial charge is 0.319 e. The van der Waals surface area contributed by atoms with Crippen molar-refractivity contribution in [2.75, 3.05) is 18.1 Å². The van der Waals surface area contributed by atoms with Crippen LogP contribution in [0, 0.1) is 5.92 Å². The number of thioether (sulfide) groups is 1. The summed E-state index contributed by atoms with van der Waals surface area (Å²) in [5.41, 5.74) is 0. The molecular formula is C10H18N4S. The third kappa shape index (κ3) is 2.72. The summed E-state index contributed by atoms with van der Waals surface area (Å²) >= 11 is 2.06. The van der Waals surface area contributed by atoms with Crippen LogP contribution < -0.4 is 5.32 Å². The molecule has 0 bridgehead atoms. The molecule has 1 aliphatic heterocycles. The lowest BCUT2D eigenvalue weighted by molar-refractivity contribution is 0.458. The van der Waals surface area contributed by atoms with Gasteiger partial charge in [0.15, 0.2) is 0 Å². The van der Waals surface area contributed by atoms with E-state index in [0.717, 1.165) is 18.3 Å². The minimum atomic E-state index is 0.295. The van der Waals surface area contributed by atoms with Gasteiger partial charge < -0.3 is 9.88 Å². The van der Waals surface area contributed by atoms with Crippen molar-refractivity contribution in [3.05, 3.63) is 12.2 Å². The molecule has 0 aromatic carbocycles. The topological polar surface area (TPSA) is 42.7 Å². The van der Waals surface area contributed by atoms with Crippen molar-refractivity contribution in [2.45, 2.75) is 19.4 Å². The maximum atomic E-state index is 4.11. The molecule has 1 saturated heterocycles. The van der Waals surface area contributed by atoms with E-state index < -0.39 is 0 Å². The van der Waals surface area contributed by atoms with Crippen LogP contribution >= 0.6 is 11.8 Å². The monoisotopic (exact) mass is 226 g/mol. The van der Waals surface area contributed by atoms with Crippen LogP contribution in [0.4, 0.5) is 0 Å². The second-order valence-corrected chi connectivity index (χ2v) is 5.31. The quantitative estimate of drug-likeness (QED) is 0.838. The third-order valence-electron chi connectivity index (χ3n) is 2.87. The van der Waals surface area contributed by atoms with Crippen LogP contribution in [0.1, 0.15) is 25.2 Å². The molecule has 0 spiro atoms. The summed E-state index contributed by atoms with van der Waals surface area (Å²) in [6.45, 7) is 3.24. The Balaban J connectivity index is 1.81. The van der Waals surface area contributed by atoms with Crippen molar-refractivity contribution >= 4 is 11.8 Å². The summed E-state index contributed by atoms with van der Waals surface area (Å²) in [5, 5.41) is 11.5. The van der Waals surface area contributed by atoms with E-state index in [1.54, 1.807) is 6.33 Å². The van der Waals surface area contributed by atoms with E-state index in [9.17, 15) is 0 Å². The average Bonchev–Trinajstić information content (AvgIpc) is 2.84. The van der Waals surface area contributed by atoms with Crippen molar-refractivity contribution in [3.8, 4) is 0 Å². The van der Waals surface area contributed by atoms with E-state index in [1.165, 1.54) is 17.9 Å². The molecule has 0 amide bonds. The number of nitrogens with zero attached hydrogens (tertiary/aromatic N) is 3. The molecule has 2 rings (SSSR count). The lowest BCUT2D eigenvalue weighted by Gasteiger charge is -2.15. The van der Waals surface area contributed by atoms with E-state index in [4.69, 9.17) is 0 Å². The summed E-state index contributed by atoms with van der Waals surface area (Å²) in [7, 11) is 1.99. The lowest BCUT2D eigenvalue weighted by atomic mass is 10.1. The Hall–Kier alpha value is -0.550. The van der Waals surface area contributed by atoms with E-state index in [1.807, 2.05) is 11.6 Å². The number of hydrogen-bond acceptors (Lipinski definition) is 4. The zero-order valence-corrected chi connectivity index (χ0v) is 10.1. The molecule has 1 aromatic rings. The van der Waals surface area contributed by atoms with Crippen LogP contribution in [-0.4, -0.2) is 32.8 Å². The molecule has 1 aliphatic rings. The Bertz CT molecular complexity index is 306. The Kier molecular flexibility index (Phi) is 3.64. The molecule has 1 N–H and O–H groups in total. The molecule has 15 heavy (non-hydrogen) atoms. The fourth-order valence-electron chi connectivity index (χ4n) is 1.86. The first-order chi connectivity index (χ1) is 7.27. The van der Waals surface area contributed by atoms with Gasteiger partial charge >= 0.3 is 0 Å². The summed E-state index contributed by atoms with van der Waals surface area (Å²) in [6, 6.07) is 0.295. The predicted molar refractivity (Wildman–Crippen MR) is 62.9 cm³/mol. The number of rotatable bonds is 4. The minimum Gasteiger partial charge on any atom is -0.319 e. The Morgan fingerprint density at radius 2 is 2.60 bits per heavy atom. The standard InChI is InChI=1S/C10H18N4S/c1-8(10-13-12-7-14(10)2)11-5-9-3-4-15-6-9/h7-9,11H,3-6H2,1-2H3. The normalized spacial score (nSPS) is 23.2. The minimum absolute atomic E-state index is 0.295. The molecule has 5 heteroatoms. The van der Waals surface area contributed by atoms with Gasteiger partial charge in [-0.05, 0) is 37.3 Å². The predicted octanol–water partition coefficient (Wildman–Crippen LogP) is 1.22. The Morgan fingerprint density at radius 3 is 3.20 bits per heavy atom. The molecule has 1 aromatic heterocycles. The van der Waals surface area contributed by atoms with Crippen LogP contribution in [-0.2, 0) is 7.05 Å². The van der Waals surface area contributed by atoms with Gasteiger partial charge in [-0.25, -0.2) is 0 Å². The summed E-state index contributed by atoms with van der Waals surface area (Å²) < 4.78 is 1.97. The van der Waals surface area contributed by atoms with E-state index in [-0.39, 0.29) is 0 Å². The number of aromatic nitrogens is 3. The van der Waals surface area contributed by atoms with Crippen molar-refractivity contribution in [3.63, 3.8) is 0 Å². The number of nitrogens with one attached hydrogen (secondary N) is 1. The molecule has 0 aliphatic carbocycles. The van der Waals surface area contributed by atoms with Crippen molar-refractivity contribution in [2.24, 2.45) is 13.0 Å². The van der Waals surface area contributed by atoms with E-state index >= 15 is 0 Å². The molecule has 2 unspecified atom stereocenters. The Morgan fingerprint density at radius 1 is 1.73 bits per heavy atom. The van der Waals surface area contributed by atoms with Crippen molar-refractivity contribution in [1.29, 1.82) is 0 Å². The number of aryl methyl sites for hydroxylation is 1. The van der Waals surface area contributed by atoms with E-state index in [2.05, 4.69) is 34.2 Å². The zero-order valence-electron chi connectivity index (χ0n) is 9.31. The molecule has 0 radical (unpaired) electrons. The van der Waals surface area contributed by atoms with Crippen LogP contribution in [0.5, 0.6) is 0 Å². The van der Waals surface area contributed by atoms with Crippen LogP contribution in [0.25, 0.3) is 0 Å². The van der Waals surface area contributed by atoms with Gasteiger partial charge in [-0.2, -0.15) is 11.8 Å². The fraction of sp³-hybridized carbons (Fsp3) is 0.800. The molecule has 2 heterocycles. The first kappa shape index (κ1) is 11.0. The second kappa shape index (κ2) is 4.99. The maximum Gasteiger partial charge on any atom is 0.149 e. The molecular weight excluding hydrogens is 208 g/mol. The van der Waals surface area contributed by atoms with Crippen LogP contribution in [0.3, 0.4) is 0 Å². The van der Waals surface area contributed by atoms with E-state index in [0.29, 0.717) is 6.04 Å². The van der Waals surface area contributed by atoms with Gasteiger partial charge in [0.05, 0.1) is 6.04 Å². The summed E-state index contributed by atoms with van der Waals surface area (Å²) in [6.07, 6.45) is 3.10. The molecule has 0 saturated carbocycles. The van der Waals surface area contributed by atoms with Gasteiger partial charge in [0, 0.05) is 7.05 Å². The summed E-state index contributed by atoms with van der Waals surface area (Å²) in [5.74, 6) is 4.48. The highest BCUT2D eigenvalue weighted by molar-refractivity contribution is 7.99. The van der Waals surface area contributed by atoms with Gasteiger partial charge in [0.1, 0.15) is 12.2 Å². The highest BCUT2D eigenvalue weighted by atomic mass is 32.2. The first-order valence-corrected chi connectivity index (χ1v) is 6.58. The highest BCUT2D eigenvalue weighted by Crippen LogP contribution is 2.23. The molecule has 2 atom stereocenters. The summed E-state index contributed by atoms with van der Waals surface area (Å²) in [4.78, 5) is 0. The zero-order chi connectivity index (χ0) is 10.7. The maximum absolute atomic E-state index is 4.11. The van der Waals surface area contributed by atoms with Crippen LogP contribution in [0.2, 0.25) is 0 Å².